The van der Waals surface area contributed by atoms with Crippen LogP contribution in [0, 0.1) is 13.8 Å². The van der Waals surface area contributed by atoms with Gasteiger partial charge in [0.2, 0.25) is 5.89 Å². The molecule has 1 N–H and O–H groups in total. The quantitative estimate of drug-likeness (QED) is 0.930. The number of hydrogen-bond donors (Lipinski definition) is 1. The second-order valence-corrected chi connectivity index (χ2v) is 5.32. The van der Waals surface area contributed by atoms with Gasteiger partial charge in [0.05, 0.1) is 12.2 Å². The van der Waals surface area contributed by atoms with E-state index in [1.807, 2.05) is 26.0 Å². The van der Waals surface area contributed by atoms with E-state index >= 15 is 0 Å². The zero-order chi connectivity index (χ0) is 13.1. The van der Waals surface area contributed by atoms with E-state index in [1.165, 1.54) is 5.56 Å². The number of hydrogen-bond acceptors (Lipinski definition) is 3. The van der Waals surface area contributed by atoms with E-state index in [1.54, 1.807) is 0 Å². The molecule has 0 bridgehead atoms. The molecule has 0 fully saturated rings. The van der Waals surface area contributed by atoms with Crippen LogP contribution in [0.4, 0.5) is 0 Å². The molecule has 0 radical (unpaired) electrons. The standard InChI is InChI=1S/C14H17BrN2O/c1-9-11(3)18-14(17-9)8-16-10(2)12-4-6-13(15)7-5-12/h4-7,10,16H,8H2,1-3H3/t10-/m1/s1. The lowest BCUT2D eigenvalue weighted by atomic mass is 10.1. The molecule has 0 aliphatic heterocycles. The van der Waals surface area contributed by atoms with Crippen molar-refractivity contribution < 1.29 is 4.42 Å². The number of halogens is 1. The summed E-state index contributed by atoms with van der Waals surface area (Å²) in [5.74, 6) is 1.64. The molecule has 0 saturated carbocycles. The Balaban J connectivity index is 1.95. The summed E-state index contributed by atoms with van der Waals surface area (Å²) in [5.41, 5.74) is 2.21. The van der Waals surface area contributed by atoms with Gasteiger partial charge in [0.1, 0.15) is 5.76 Å². The maximum atomic E-state index is 5.54. The van der Waals surface area contributed by atoms with Crippen LogP contribution >= 0.6 is 15.9 Å². The fourth-order valence-electron chi connectivity index (χ4n) is 1.72. The van der Waals surface area contributed by atoms with Crippen molar-refractivity contribution in [2.24, 2.45) is 0 Å². The van der Waals surface area contributed by atoms with E-state index in [9.17, 15) is 0 Å². The van der Waals surface area contributed by atoms with Gasteiger partial charge in [-0.05, 0) is 38.5 Å². The second kappa shape index (κ2) is 5.67. The van der Waals surface area contributed by atoms with Gasteiger partial charge in [0.25, 0.3) is 0 Å². The van der Waals surface area contributed by atoms with Crippen molar-refractivity contribution in [3.63, 3.8) is 0 Å². The molecule has 0 unspecified atom stereocenters. The van der Waals surface area contributed by atoms with E-state index in [2.05, 4.69) is 45.3 Å². The predicted molar refractivity (Wildman–Crippen MR) is 75.4 cm³/mol. The van der Waals surface area contributed by atoms with Crippen molar-refractivity contribution in [1.29, 1.82) is 0 Å². The van der Waals surface area contributed by atoms with Crippen LogP contribution in [0.2, 0.25) is 0 Å². The Hall–Kier alpha value is -1.13. The van der Waals surface area contributed by atoms with Crippen LogP contribution in [0.25, 0.3) is 0 Å². The van der Waals surface area contributed by atoms with E-state index in [0.29, 0.717) is 6.54 Å². The summed E-state index contributed by atoms with van der Waals surface area (Å²) in [5, 5.41) is 3.40. The zero-order valence-electron chi connectivity index (χ0n) is 10.8. The second-order valence-electron chi connectivity index (χ2n) is 4.40. The molecule has 4 heteroatoms. The highest BCUT2D eigenvalue weighted by Gasteiger charge is 2.08. The average Bonchev–Trinajstić information content (AvgIpc) is 2.67. The van der Waals surface area contributed by atoms with E-state index in [-0.39, 0.29) is 6.04 Å². The number of nitrogens with one attached hydrogen (secondary N) is 1. The molecule has 0 saturated heterocycles. The largest absolute Gasteiger partial charge is 0.444 e. The minimum atomic E-state index is 0.269. The molecular formula is C14H17BrN2O. The first-order valence-corrected chi connectivity index (χ1v) is 6.77. The molecule has 0 aliphatic rings. The number of oxazole rings is 1. The van der Waals surface area contributed by atoms with Crippen molar-refractivity contribution >= 4 is 15.9 Å². The first-order chi connectivity index (χ1) is 8.56. The fraction of sp³-hybridized carbons (Fsp3) is 0.357. The molecule has 2 rings (SSSR count). The van der Waals surface area contributed by atoms with Crippen LogP contribution in [0.15, 0.2) is 33.2 Å². The topological polar surface area (TPSA) is 38.1 Å². The van der Waals surface area contributed by atoms with Gasteiger partial charge in [-0.2, -0.15) is 0 Å². The summed E-state index contributed by atoms with van der Waals surface area (Å²) in [4.78, 5) is 4.35. The van der Waals surface area contributed by atoms with Crippen LogP contribution in [0.5, 0.6) is 0 Å². The molecule has 0 amide bonds. The van der Waals surface area contributed by atoms with Gasteiger partial charge in [0, 0.05) is 10.5 Å². The van der Waals surface area contributed by atoms with E-state index in [4.69, 9.17) is 4.42 Å². The Labute approximate surface area is 116 Å². The van der Waals surface area contributed by atoms with Crippen LogP contribution in [-0.4, -0.2) is 4.98 Å². The lowest BCUT2D eigenvalue weighted by Crippen LogP contribution is -2.18. The fourth-order valence-corrected chi connectivity index (χ4v) is 1.99. The Morgan fingerprint density at radius 3 is 2.50 bits per heavy atom. The Morgan fingerprint density at radius 1 is 1.28 bits per heavy atom. The molecule has 0 aliphatic carbocycles. The van der Waals surface area contributed by atoms with Gasteiger partial charge < -0.3 is 9.73 Å². The highest BCUT2D eigenvalue weighted by Crippen LogP contribution is 2.17. The summed E-state index contributed by atoms with van der Waals surface area (Å²) >= 11 is 3.44. The number of nitrogens with zero attached hydrogens (tertiary/aromatic N) is 1. The Morgan fingerprint density at radius 2 is 1.94 bits per heavy atom. The average molecular weight is 309 g/mol. The predicted octanol–water partition coefficient (Wildman–Crippen LogP) is 3.90. The van der Waals surface area contributed by atoms with Gasteiger partial charge in [-0.25, -0.2) is 4.98 Å². The lowest BCUT2D eigenvalue weighted by Gasteiger charge is -2.12. The summed E-state index contributed by atoms with van der Waals surface area (Å²) in [7, 11) is 0. The molecule has 3 nitrogen and oxygen atoms in total. The van der Waals surface area contributed by atoms with Crippen LogP contribution < -0.4 is 5.32 Å². The van der Waals surface area contributed by atoms with Crippen LogP contribution in [0.3, 0.4) is 0 Å². The minimum Gasteiger partial charge on any atom is -0.444 e. The molecule has 2 aromatic rings. The van der Waals surface area contributed by atoms with E-state index < -0.39 is 0 Å². The summed E-state index contributed by atoms with van der Waals surface area (Å²) in [6.45, 7) is 6.67. The monoisotopic (exact) mass is 308 g/mol. The van der Waals surface area contributed by atoms with Crippen molar-refractivity contribution in [3.8, 4) is 0 Å². The van der Waals surface area contributed by atoms with Crippen LogP contribution in [-0.2, 0) is 6.54 Å². The van der Waals surface area contributed by atoms with Crippen molar-refractivity contribution in [1.82, 2.24) is 10.3 Å². The molecule has 18 heavy (non-hydrogen) atoms. The first kappa shape index (κ1) is 13.3. The molecule has 1 heterocycles. The molecular weight excluding hydrogens is 292 g/mol. The lowest BCUT2D eigenvalue weighted by molar-refractivity contribution is 0.432. The third kappa shape index (κ3) is 3.21. The summed E-state index contributed by atoms with van der Waals surface area (Å²) in [6.07, 6.45) is 0. The van der Waals surface area contributed by atoms with Crippen molar-refractivity contribution in [3.05, 3.63) is 51.6 Å². The van der Waals surface area contributed by atoms with Crippen molar-refractivity contribution in [2.75, 3.05) is 0 Å². The third-order valence-electron chi connectivity index (χ3n) is 3.00. The number of benzene rings is 1. The normalized spacial score (nSPS) is 12.7. The summed E-state index contributed by atoms with van der Waals surface area (Å²) < 4.78 is 6.63. The molecule has 0 spiro atoms. The van der Waals surface area contributed by atoms with Gasteiger partial charge >= 0.3 is 0 Å². The molecule has 1 aromatic heterocycles. The molecule has 1 aromatic carbocycles. The Bertz CT molecular complexity index is 500. The first-order valence-electron chi connectivity index (χ1n) is 5.98. The maximum Gasteiger partial charge on any atom is 0.208 e. The van der Waals surface area contributed by atoms with Gasteiger partial charge in [-0.15, -0.1) is 0 Å². The van der Waals surface area contributed by atoms with Crippen molar-refractivity contribution in [2.45, 2.75) is 33.4 Å². The number of aromatic nitrogens is 1. The SMILES string of the molecule is Cc1nc(CN[C@H](C)c2ccc(Br)cc2)oc1C. The maximum absolute atomic E-state index is 5.54. The summed E-state index contributed by atoms with van der Waals surface area (Å²) in [6, 6.07) is 8.58. The third-order valence-corrected chi connectivity index (χ3v) is 3.53. The van der Waals surface area contributed by atoms with Gasteiger partial charge in [-0.3, -0.25) is 0 Å². The smallest absolute Gasteiger partial charge is 0.208 e. The van der Waals surface area contributed by atoms with Gasteiger partial charge in [-0.1, -0.05) is 28.1 Å². The zero-order valence-corrected chi connectivity index (χ0v) is 12.4. The molecule has 96 valence electrons. The molecule has 1 atom stereocenters. The van der Waals surface area contributed by atoms with E-state index in [0.717, 1.165) is 21.8 Å². The minimum absolute atomic E-state index is 0.269. The van der Waals surface area contributed by atoms with Gasteiger partial charge in [0.15, 0.2) is 0 Å². The Kier molecular flexibility index (Phi) is 4.19. The number of aryl methyl sites for hydroxylation is 2. The number of rotatable bonds is 4. The highest BCUT2D eigenvalue weighted by atomic mass is 79.9. The van der Waals surface area contributed by atoms with Crippen LogP contribution in [0.1, 0.15) is 35.9 Å². The highest BCUT2D eigenvalue weighted by molar-refractivity contribution is 9.10.